The molecule has 0 aliphatic rings. The smallest absolute Gasteiger partial charge is 0.305 e. The first kappa shape index (κ1) is 51.9. The molecule has 4 N–H and O–H groups in total. The maximum absolute atomic E-state index is 14.5. The van der Waals surface area contributed by atoms with Gasteiger partial charge in [-0.2, -0.15) is 0 Å². The fraction of sp³-hybridized carbons (Fsp3) is 0.500. The summed E-state index contributed by atoms with van der Waals surface area (Å²) in [7, 11) is 1.63. The number of anilines is 1. The van der Waals surface area contributed by atoms with Crippen molar-refractivity contribution in [1.29, 1.82) is 0 Å². The molecule has 64 heavy (non-hydrogen) atoms. The summed E-state index contributed by atoms with van der Waals surface area (Å²) < 4.78 is 59.9. The number of amides is 1. The minimum atomic E-state index is -1.22. The van der Waals surface area contributed by atoms with Crippen molar-refractivity contribution in [2.75, 3.05) is 105 Å². The van der Waals surface area contributed by atoms with Gasteiger partial charge >= 0.3 is 5.97 Å². The van der Waals surface area contributed by atoms with Gasteiger partial charge < -0.3 is 63.1 Å². The molecule has 0 fully saturated rings. The molecule has 0 aliphatic carbocycles. The Morgan fingerprint density at radius 3 is 1.67 bits per heavy atom. The maximum atomic E-state index is 14.5. The average molecular weight is 897 g/mol. The van der Waals surface area contributed by atoms with E-state index in [0.717, 1.165) is 5.56 Å². The van der Waals surface area contributed by atoms with Crippen LogP contribution in [0, 0.1) is 5.82 Å². The second-order valence-electron chi connectivity index (χ2n) is 15.1. The van der Waals surface area contributed by atoms with Crippen LogP contribution in [0.2, 0.25) is 0 Å². The van der Waals surface area contributed by atoms with Crippen molar-refractivity contribution in [3.8, 4) is 28.1 Å². The number of carboxylic acids is 1. The van der Waals surface area contributed by atoms with Crippen molar-refractivity contribution in [3.05, 3.63) is 95.9 Å². The van der Waals surface area contributed by atoms with Gasteiger partial charge in [-0.05, 0) is 78.4 Å². The van der Waals surface area contributed by atoms with Gasteiger partial charge in [0.05, 0.1) is 116 Å². The Kier molecular flexibility index (Phi) is 24.0. The monoisotopic (exact) mass is 896 g/mol. The Bertz CT molecular complexity index is 1910. The number of hydrogen-bond donors (Lipinski definition) is 4. The predicted octanol–water partition coefficient (Wildman–Crippen LogP) is 6.44. The molecule has 1 aromatic heterocycles. The lowest BCUT2D eigenvalue weighted by Gasteiger charge is -2.20. The molecule has 4 aromatic rings. The van der Waals surface area contributed by atoms with E-state index in [4.69, 9.17) is 43.0 Å². The van der Waals surface area contributed by atoms with Gasteiger partial charge in [0, 0.05) is 30.6 Å². The van der Waals surface area contributed by atoms with Gasteiger partial charge in [0.1, 0.15) is 18.2 Å². The van der Waals surface area contributed by atoms with Crippen molar-refractivity contribution in [1.82, 2.24) is 4.57 Å². The Morgan fingerprint density at radius 1 is 0.656 bits per heavy atom. The lowest BCUT2D eigenvalue weighted by Crippen LogP contribution is -2.22. The molecule has 0 saturated carbocycles. The number of nitrogens with zero attached hydrogens (tertiary/aromatic N) is 1. The number of ether oxygens (including phenoxy) is 8. The quantitative estimate of drug-likeness (QED) is 0.0376. The van der Waals surface area contributed by atoms with Crippen LogP contribution in [0.5, 0.6) is 5.75 Å². The Labute approximate surface area is 375 Å². The third kappa shape index (κ3) is 18.4. The third-order valence-corrected chi connectivity index (χ3v) is 9.80. The highest BCUT2D eigenvalue weighted by atomic mass is 19.1. The SMILES string of the molecule is COCCOCCOCCOCCOCCOCCOCCOc1ccc(NC(=O)c2c(-c3ccccc3)c(-c3ccc(F)cc3)n(CC[C@@H](O)C[C@@H](O)CC(=O)O)c2C(C)C)cc1. The second kappa shape index (κ2) is 29.6. The van der Waals surface area contributed by atoms with E-state index in [9.17, 15) is 24.2 Å². The van der Waals surface area contributed by atoms with Crippen molar-refractivity contribution in [2.24, 2.45) is 0 Å². The first-order valence-electron chi connectivity index (χ1n) is 21.7. The number of hydrogen-bond acceptors (Lipinski definition) is 12. The summed E-state index contributed by atoms with van der Waals surface area (Å²) in [5.41, 5.74) is 4.40. The molecule has 0 aliphatic heterocycles. The molecule has 16 heteroatoms. The summed E-state index contributed by atoms with van der Waals surface area (Å²) >= 11 is 0. The number of aliphatic hydroxyl groups excluding tert-OH is 2. The Balaban J connectivity index is 1.28. The van der Waals surface area contributed by atoms with Crippen LogP contribution in [0.4, 0.5) is 10.1 Å². The summed E-state index contributed by atoms with van der Waals surface area (Å²) in [6.07, 6.45) is -2.69. The highest BCUT2D eigenvalue weighted by molar-refractivity contribution is 6.12. The summed E-state index contributed by atoms with van der Waals surface area (Å²) in [5, 5.41) is 33.3. The molecule has 352 valence electrons. The third-order valence-electron chi connectivity index (χ3n) is 9.80. The van der Waals surface area contributed by atoms with E-state index in [1.54, 1.807) is 43.5 Å². The number of rotatable bonds is 34. The van der Waals surface area contributed by atoms with Crippen LogP contribution in [-0.4, -0.2) is 144 Å². The number of benzene rings is 3. The number of aliphatic hydroxyl groups is 2. The number of methoxy groups -OCH3 is 1. The van der Waals surface area contributed by atoms with Crippen LogP contribution in [0.25, 0.3) is 22.4 Å². The molecule has 1 heterocycles. The molecule has 0 spiro atoms. The van der Waals surface area contributed by atoms with Crippen molar-refractivity contribution in [2.45, 2.75) is 57.8 Å². The number of carbonyl (C=O) groups excluding carboxylic acids is 1. The molecule has 0 saturated heterocycles. The number of aliphatic carboxylic acids is 1. The standard InChI is InChI=1S/C48H65FN2O13/c1-35(2)46-45(44(36-7-5-4-6-8-36)47(37-9-11-38(49)12-10-37)51(46)18-17-40(52)33-41(53)34-43(54)55)48(56)50-39-13-15-42(16-14-39)64-32-31-63-30-29-62-28-27-61-26-25-60-24-23-59-22-21-58-20-19-57-3/h4-16,35,40-41,52-53H,17-34H2,1-3H3,(H,50,56)(H,54,55)/t40-,41-/m1/s1. The molecule has 3 aromatic carbocycles. The average Bonchev–Trinajstić information content (AvgIpc) is 3.62. The number of carboxylic acid groups (broad SMARTS) is 1. The fourth-order valence-corrected chi connectivity index (χ4v) is 6.88. The molecular weight excluding hydrogens is 832 g/mol. The Morgan fingerprint density at radius 2 is 1.17 bits per heavy atom. The maximum Gasteiger partial charge on any atom is 0.305 e. The van der Waals surface area contributed by atoms with E-state index in [1.807, 2.05) is 48.7 Å². The summed E-state index contributed by atoms with van der Waals surface area (Å²) in [4.78, 5) is 25.7. The first-order valence-corrected chi connectivity index (χ1v) is 21.7. The normalized spacial score (nSPS) is 12.4. The van der Waals surface area contributed by atoms with Gasteiger partial charge in [-0.25, -0.2) is 4.39 Å². The van der Waals surface area contributed by atoms with Crippen molar-refractivity contribution >= 4 is 17.6 Å². The number of aromatic nitrogens is 1. The first-order chi connectivity index (χ1) is 31.1. The van der Waals surface area contributed by atoms with E-state index < -0.39 is 30.4 Å². The lowest BCUT2D eigenvalue weighted by molar-refractivity contribution is -0.139. The van der Waals surface area contributed by atoms with Crippen molar-refractivity contribution < 1.29 is 67.2 Å². The van der Waals surface area contributed by atoms with Crippen LogP contribution in [0.1, 0.15) is 55.1 Å². The minimum absolute atomic E-state index is 0.127. The highest BCUT2D eigenvalue weighted by Crippen LogP contribution is 2.42. The van der Waals surface area contributed by atoms with E-state index in [-0.39, 0.29) is 31.2 Å². The predicted molar refractivity (Wildman–Crippen MR) is 240 cm³/mol. The molecule has 0 radical (unpaired) electrons. The minimum Gasteiger partial charge on any atom is -0.491 e. The van der Waals surface area contributed by atoms with Gasteiger partial charge in [0.2, 0.25) is 0 Å². The van der Waals surface area contributed by atoms with Crippen molar-refractivity contribution in [3.63, 3.8) is 0 Å². The summed E-state index contributed by atoms with van der Waals surface area (Å²) in [6, 6.07) is 22.5. The van der Waals surface area contributed by atoms with Gasteiger partial charge in [0.15, 0.2) is 0 Å². The summed E-state index contributed by atoms with van der Waals surface area (Å²) in [5.74, 6) is -1.52. The van der Waals surface area contributed by atoms with Crippen LogP contribution in [-0.2, 0) is 44.5 Å². The molecule has 4 rings (SSSR count). The van der Waals surface area contributed by atoms with E-state index in [2.05, 4.69) is 5.32 Å². The van der Waals surface area contributed by atoms with Gasteiger partial charge in [-0.3, -0.25) is 9.59 Å². The second-order valence-corrected chi connectivity index (χ2v) is 15.1. The lowest BCUT2D eigenvalue weighted by atomic mass is 9.94. The molecule has 0 bridgehead atoms. The van der Waals surface area contributed by atoms with Gasteiger partial charge in [0.25, 0.3) is 5.91 Å². The summed E-state index contributed by atoms with van der Waals surface area (Å²) in [6.45, 7) is 10.6. The van der Waals surface area contributed by atoms with Crippen LogP contribution >= 0.6 is 0 Å². The van der Waals surface area contributed by atoms with Crippen LogP contribution in [0.15, 0.2) is 78.9 Å². The van der Waals surface area contributed by atoms with Crippen LogP contribution < -0.4 is 10.1 Å². The molecule has 2 atom stereocenters. The zero-order valence-corrected chi connectivity index (χ0v) is 37.2. The van der Waals surface area contributed by atoms with E-state index >= 15 is 0 Å². The largest absolute Gasteiger partial charge is 0.491 e. The highest BCUT2D eigenvalue weighted by Gasteiger charge is 2.31. The van der Waals surface area contributed by atoms with Gasteiger partial charge in [-0.15, -0.1) is 0 Å². The fourth-order valence-electron chi connectivity index (χ4n) is 6.88. The van der Waals surface area contributed by atoms with E-state index in [0.29, 0.717) is 132 Å². The number of halogens is 1. The topological polar surface area (TPSA) is 186 Å². The molecule has 15 nitrogen and oxygen atoms in total. The van der Waals surface area contributed by atoms with Gasteiger partial charge in [-0.1, -0.05) is 44.2 Å². The zero-order chi connectivity index (χ0) is 45.9. The zero-order valence-electron chi connectivity index (χ0n) is 37.2. The number of nitrogens with one attached hydrogen (secondary N) is 1. The Hall–Kier alpha value is -4.75. The van der Waals surface area contributed by atoms with E-state index in [1.165, 1.54) is 12.1 Å². The molecule has 0 unspecified atom stereocenters. The number of carbonyl (C=O) groups is 2. The molecule has 1 amide bonds. The van der Waals surface area contributed by atoms with Crippen LogP contribution in [0.3, 0.4) is 0 Å². The molecular formula is C48H65FN2O13.